The Balaban J connectivity index is 2.95. The number of hydrogen-bond donors (Lipinski definition) is 1. The van der Waals surface area contributed by atoms with E-state index in [4.69, 9.17) is 0 Å². The van der Waals surface area contributed by atoms with Crippen molar-refractivity contribution in [2.75, 3.05) is 0 Å². The molecule has 5 heteroatoms. The van der Waals surface area contributed by atoms with E-state index in [-0.39, 0.29) is 0 Å². The van der Waals surface area contributed by atoms with Crippen molar-refractivity contribution in [3.05, 3.63) is 47.2 Å². The molecule has 1 atom stereocenters. The minimum absolute atomic E-state index is 0.311. The fourth-order valence-electron chi connectivity index (χ4n) is 3.13. The fraction of sp³-hybridized carbons (Fsp3) is 0.556. The summed E-state index contributed by atoms with van der Waals surface area (Å²) in [6.45, 7) is 5.53. The van der Waals surface area contributed by atoms with Crippen LogP contribution in [0.1, 0.15) is 32.8 Å². The van der Waals surface area contributed by atoms with E-state index in [9.17, 15) is 18.3 Å². The number of allylic oxidation sites excluding steroid dienone is 1. The van der Waals surface area contributed by atoms with Crippen molar-refractivity contribution in [3.63, 3.8) is 0 Å². The standard InChI is InChI=1S/C18H27F3OSi/c1-4-23(5-2,6-3)17(18(19,20)21)14-16(22)13-12-15-10-8-7-9-11-15/h7-11,14,16,22H,4-6,12-13H2,1-3H3/b17-14+. The lowest BCUT2D eigenvalue weighted by Gasteiger charge is -2.33. The third kappa shape index (κ3) is 5.50. The number of aliphatic hydroxyl groups excluding tert-OH is 1. The molecule has 1 N–H and O–H groups in total. The van der Waals surface area contributed by atoms with E-state index in [2.05, 4.69) is 0 Å². The monoisotopic (exact) mass is 344 g/mol. The van der Waals surface area contributed by atoms with Crippen LogP contribution >= 0.6 is 0 Å². The number of alkyl halides is 3. The van der Waals surface area contributed by atoms with Crippen LogP contribution in [0.5, 0.6) is 0 Å². The van der Waals surface area contributed by atoms with E-state index in [0.717, 1.165) is 11.6 Å². The smallest absolute Gasteiger partial charge is 0.389 e. The first-order valence-corrected chi connectivity index (χ1v) is 10.9. The van der Waals surface area contributed by atoms with Crippen molar-refractivity contribution in [1.82, 2.24) is 0 Å². The first-order valence-electron chi connectivity index (χ1n) is 8.30. The van der Waals surface area contributed by atoms with Gasteiger partial charge in [-0.15, -0.1) is 0 Å². The van der Waals surface area contributed by atoms with Crippen LogP contribution < -0.4 is 0 Å². The van der Waals surface area contributed by atoms with Crippen LogP contribution in [0.2, 0.25) is 18.1 Å². The molecule has 0 bridgehead atoms. The highest BCUT2D eigenvalue weighted by Gasteiger charge is 2.46. The molecule has 0 spiro atoms. The SMILES string of the molecule is CC[Si](CC)(CC)/C(=C/C(O)CCc1ccccc1)C(F)(F)F. The molecule has 0 radical (unpaired) electrons. The predicted molar refractivity (Wildman–Crippen MR) is 92.1 cm³/mol. The summed E-state index contributed by atoms with van der Waals surface area (Å²) in [5.41, 5.74) is 1.03. The van der Waals surface area contributed by atoms with Gasteiger partial charge in [0, 0.05) is 5.20 Å². The van der Waals surface area contributed by atoms with Gasteiger partial charge < -0.3 is 5.11 Å². The number of aryl methyl sites for hydroxylation is 1. The molecule has 0 aromatic heterocycles. The Labute approximate surface area is 138 Å². The number of benzene rings is 1. The molecular formula is C18H27F3OSi. The average Bonchev–Trinajstić information content (AvgIpc) is 2.54. The summed E-state index contributed by atoms with van der Waals surface area (Å²) in [5.74, 6) is 0. The quantitative estimate of drug-likeness (QED) is 0.616. The van der Waals surface area contributed by atoms with Crippen LogP contribution in [0, 0.1) is 0 Å². The summed E-state index contributed by atoms with van der Waals surface area (Å²) in [5, 5.41) is 9.71. The number of halogens is 3. The lowest BCUT2D eigenvalue weighted by Crippen LogP contribution is -2.42. The molecule has 130 valence electrons. The molecule has 0 aliphatic carbocycles. The second-order valence-corrected chi connectivity index (χ2v) is 11.2. The van der Waals surface area contributed by atoms with Crippen LogP contribution in [0.4, 0.5) is 13.2 Å². The summed E-state index contributed by atoms with van der Waals surface area (Å²) in [6.07, 6.45) is -3.41. The maximum Gasteiger partial charge on any atom is 0.408 e. The molecule has 0 fully saturated rings. The Bertz CT molecular complexity index is 484. The Morgan fingerprint density at radius 3 is 2.04 bits per heavy atom. The molecule has 1 rings (SSSR count). The van der Waals surface area contributed by atoms with Gasteiger partial charge in [0.15, 0.2) is 0 Å². The molecule has 0 aliphatic heterocycles. The normalized spacial score (nSPS) is 14.8. The maximum absolute atomic E-state index is 13.6. The Morgan fingerprint density at radius 2 is 1.61 bits per heavy atom. The predicted octanol–water partition coefficient (Wildman–Crippen LogP) is 5.52. The fourth-order valence-corrected chi connectivity index (χ4v) is 6.92. The van der Waals surface area contributed by atoms with Gasteiger partial charge in [-0.25, -0.2) is 0 Å². The van der Waals surface area contributed by atoms with Crippen LogP contribution in [-0.4, -0.2) is 25.5 Å². The van der Waals surface area contributed by atoms with Crippen molar-refractivity contribution >= 4 is 8.07 Å². The summed E-state index contributed by atoms with van der Waals surface area (Å²) >= 11 is 0. The van der Waals surface area contributed by atoms with E-state index in [0.29, 0.717) is 31.0 Å². The van der Waals surface area contributed by atoms with Gasteiger partial charge in [-0.05, 0) is 18.4 Å². The lowest BCUT2D eigenvalue weighted by atomic mass is 10.1. The van der Waals surface area contributed by atoms with E-state index >= 15 is 0 Å². The Hall–Kier alpha value is -1.07. The summed E-state index contributed by atoms with van der Waals surface area (Å²) < 4.78 is 40.7. The van der Waals surface area contributed by atoms with Gasteiger partial charge in [0.2, 0.25) is 0 Å². The highest BCUT2D eigenvalue weighted by molar-refractivity contribution is 6.86. The van der Waals surface area contributed by atoms with Crippen molar-refractivity contribution in [3.8, 4) is 0 Å². The third-order valence-corrected chi connectivity index (χ3v) is 10.5. The average molecular weight is 344 g/mol. The molecule has 1 nitrogen and oxygen atoms in total. The minimum Gasteiger partial charge on any atom is -0.389 e. The molecule has 1 aromatic rings. The molecule has 0 saturated heterocycles. The molecule has 0 aliphatic rings. The number of rotatable bonds is 8. The number of aliphatic hydroxyl groups is 1. The molecule has 23 heavy (non-hydrogen) atoms. The van der Waals surface area contributed by atoms with Gasteiger partial charge in [-0.1, -0.05) is 75.3 Å². The molecule has 0 saturated carbocycles. The van der Waals surface area contributed by atoms with Crippen molar-refractivity contribution in [2.24, 2.45) is 0 Å². The van der Waals surface area contributed by atoms with Crippen LogP contribution in [0.3, 0.4) is 0 Å². The van der Waals surface area contributed by atoms with Crippen molar-refractivity contribution in [1.29, 1.82) is 0 Å². The van der Waals surface area contributed by atoms with E-state index in [1.807, 2.05) is 51.1 Å². The molecule has 1 aromatic carbocycles. The first-order chi connectivity index (χ1) is 10.8. The van der Waals surface area contributed by atoms with Gasteiger partial charge in [0.1, 0.15) is 0 Å². The van der Waals surface area contributed by atoms with E-state index < -0.39 is 25.6 Å². The van der Waals surface area contributed by atoms with E-state index in [1.165, 1.54) is 0 Å². The van der Waals surface area contributed by atoms with Gasteiger partial charge in [-0.2, -0.15) is 13.2 Å². The van der Waals surface area contributed by atoms with Gasteiger partial charge >= 0.3 is 6.18 Å². The Morgan fingerprint density at radius 1 is 1.09 bits per heavy atom. The van der Waals surface area contributed by atoms with Crippen molar-refractivity contribution < 1.29 is 18.3 Å². The van der Waals surface area contributed by atoms with Gasteiger partial charge in [0.05, 0.1) is 14.2 Å². The largest absolute Gasteiger partial charge is 0.408 e. The second-order valence-electron chi connectivity index (χ2n) is 6.01. The molecule has 0 amide bonds. The van der Waals surface area contributed by atoms with Crippen LogP contribution in [0.15, 0.2) is 41.6 Å². The van der Waals surface area contributed by atoms with Gasteiger partial charge in [0.25, 0.3) is 0 Å². The van der Waals surface area contributed by atoms with E-state index in [1.54, 1.807) is 0 Å². The highest BCUT2D eigenvalue weighted by atomic mass is 28.3. The molecular weight excluding hydrogens is 317 g/mol. The minimum atomic E-state index is -4.35. The Kier molecular flexibility index (Phi) is 7.54. The first kappa shape index (κ1) is 20.0. The molecule has 0 heterocycles. The van der Waals surface area contributed by atoms with Crippen molar-refractivity contribution in [2.45, 2.75) is 64.0 Å². The number of hydrogen-bond acceptors (Lipinski definition) is 1. The van der Waals surface area contributed by atoms with Crippen LogP contribution in [0.25, 0.3) is 0 Å². The zero-order valence-corrected chi connectivity index (χ0v) is 15.2. The topological polar surface area (TPSA) is 20.2 Å². The second kappa shape index (κ2) is 8.69. The molecule has 1 unspecified atom stereocenters. The zero-order valence-electron chi connectivity index (χ0n) is 14.2. The lowest BCUT2D eigenvalue weighted by molar-refractivity contribution is -0.0867. The zero-order chi connectivity index (χ0) is 17.5. The third-order valence-electron chi connectivity index (χ3n) is 4.84. The summed E-state index contributed by atoms with van der Waals surface area (Å²) in [7, 11) is -2.58. The summed E-state index contributed by atoms with van der Waals surface area (Å²) in [4.78, 5) is 0. The van der Waals surface area contributed by atoms with Crippen LogP contribution in [-0.2, 0) is 6.42 Å². The highest BCUT2D eigenvalue weighted by Crippen LogP contribution is 2.39. The summed E-state index contributed by atoms with van der Waals surface area (Å²) in [6, 6.07) is 11.2. The maximum atomic E-state index is 13.6. The van der Waals surface area contributed by atoms with Gasteiger partial charge in [-0.3, -0.25) is 0 Å².